The maximum atomic E-state index is 13.6. The summed E-state index contributed by atoms with van der Waals surface area (Å²) in [5.74, 6) is 3.05. The lowest BCUT2D eigenvalue weighted by Gasteiger charge is -2.40. The van der Waals surface area contributed by atoms with Crippen LogP contribution in [0.4, 0.5) is 0 Å². The zero-order chi connectivity index (χ0) is 23.1. The van der Waals surface area contributed by atoms with Crippen LogP contribution in [0.1, 0.15) is 40.0 Å². The van der Waals surface area contributed by atoms with E-state index in [2.05, 4.69) is 22.9 Å². The van der Waals surface area contributed by atoms with Gasteiger partial charge in [0.15, 0.2) is 0 Å². The number of likely N-dealkylation sites (N-methyl/N-ethyl adjacent to an activating group) is 2. The first-order valence-corrected chi connectivity index (χ1v) is 11.7. The van der Waals surface area contributed by atoms with Crippen molar-refractivity contribution in [2.75, 3.05) is 20.6 Å². The standard InChI is InChI=1S/C20H35N5O4S/c1-19(2,3)16(18(28)25-11-13(26)10-14(25)17(27)23-5)24(6)12-15(22-4)20(8-9-20)30(7,21)29/h12-14,16,26H,4,7-11H2,1-3,5-6H3,(H2,21,29)(H,23,27)/b15-12-/t13?,14-,16+,30?/m0/s1. The van der Waals surface area contributed by atoms with Gasteiger partial charge in [0.25, 0.3) is 0 Å². The van der Waals surface area contributed by atoms with Crippen LogP contribution < -0.4 is 10.5 Å². The van der Waals surface area contributed by atoms with E-state index in [1.165, 1.54) is 11.9 Å². The summed E-state index contributed by atoms with van der Waals surface area (Å²) in [6.07, 6.45) is 2.28. The van der Waals surface area contributed by atoms with E-state index in [9.17, 15) is 18.9 Å². The summed E-state index contributed by atoms with van der Waals surface area (Å²) in [5.41, 5.74) is -0.0698. The average Bonchev–Trinajstić information content (AvgIpc) is 3.34. The van der Waals surface area contributed by atoms with E-state index in [0.29, 0.717) is 18.5 Å². The van der Waals surface area contributed by atoms with Crippen LogP contribution in [0.15, 0.2) is 16.9 Å². The summed E-state index contributed by atoms with van der Waals surface area (Å²) in [4.78, 5) is 33.0. The smallest absolute Gasteiger partial charge is 0.246 e. The molecule has 170 valence electrons. The van der Waals surface area contributed by atoms with Gasteiger partial charge in [-0.15, -0.1) is 0 Å². The Kier molecular flexibility index (Phi) is 6.75. The number of nitrogens with one attached hydrogen (secondary N) is 1. The van der Waals surface area contributed by atoms with Crippen molar-refractivity contribution in [1.82, 2.24) is 15.1 Å². The molecule has 4 atom stereocenters. The van der Waals surface area contributed by atoms with Gasteiger partial charge in [0.05, 0.1) is 16.5 Å². The van der Waals surface area contributed by atoms with E-state index in [-0.39, 0.29) is 24.8 Å². The highest BCUT2D eigenvalue weighted by atomic mass is 32.2. The number of aliphatic imine (C=N–C) groups is 1. The molecule has 2 amide bonds. The molecular formula is C20H35N5O4S. The van der Waals surface area contributed by atoms with E-state index < -0.39 is 38.1 Å². The van der Waals surface area contributed by atoms with Crippen LogP contribution in [0.2, 0.25) is 0 Å². The molecule has 2 fully saturated rings. The molecule has 9 nitrogen and oxygen atoms in total. The number of carbonyl (C=O) groups excluding carboxylic acids is 2. The summed E-state index contributed by atoms with van der Waals surface area (Å²) in [6.45, 7) is 9.45. The predicted octanol–water partition coefficient (Wildman–Crippen LogP) is -0.295. The molecule has 4 N–H and O–H groups in total. The average molecular weight is 442 g/mol. The molecule has 1 aliphatic heterocycles. The SMILES string of the molecule is C=N/C(=C\N(C)[C@H](C(=O)N1CC(O)C[C@H]1C(=O)NC)C(C)(C)C)C1(S(=C)(N)=O)CC1. The molecular weight excluding hydrogens is 406 g/mol. The number of rotatable bonds is 7. The minimum absolute atomic E-state index is 0.0903. The third kappa shape index (κ3) is 4.55. The maximum Gasteiger partial charge on any atom is 0.246 e. The molecule has 0 spiro atoms. The lowest BCUT2D eigenvalue weighted by Crippen LogP contribution is -2.55. The summed E-state index contributed by atoms with van der Waals surface area (Å²) in [7, 11) is 0.354. The Hall–Kier alpha value is -1.91. The lowest BCUT2D eigenvalue weighted by molar-refractivity contribution is -0.144. The fourth-order valence-electron chi connectivity index (χ4n) is 4.25. The minimum Gasteiger partial charge on any atom is -0.391 e. The second-order valence-electron chi connectivity index (χ2n) is 9.34. The van der Waals surface area contributed by atoms with Gasteiger partial charge in [0, 0.05) is 43.0 Å². The Morgan fingerprint density at radius 3 is 2.40 bits per heavy atom. The fourth-order valence-corrected chi connectivity index (χ4v) is 5.51. The van der Waals surface area contributed by atoms with E-state index in [4.69, 9.17) is 5.14 Å². The van der Waals surface area contributed by atoms with Crippen LogP contribution in [0, 0.1) is 5.41 Å². The first-order chi connectivity index (χ1) is 13.7. The van der Waals surface area contributed by atoms with Gasteiger partial charge in [-0.2, -0.15) is 0 Å². The van der Waals surface area contributed by atoms with Gasteiger partial charge in [-0.3, -0.25) is 23.9 Å². The van der Waals surface area contributed by atoms with Crippen LogP contribution in [-0.4, -0.2) is 87.1 Å². The number of aliphatic hydroxyl groups is 1. The molecule has 0 radical (unpaired) electrons. The Balaban J connectivity index is 2.41. The Morgan fingerprint density at radius 2 is 2.00 bits per heavy atom. The number of likely N-dealkylation sites (tertiary alicyclic amines) is 1. The Labute approximate surface area is 179 Å². The quantitative estimate of drug-likeness (QED) is 0.369. The van der Waals surface area contributed by atoms with E-state index in [1.54, 1.807) is 18.1 Å². The number of nitrogens with zero attached hydrogens (tertiary/aromatic N) is 3. The zero-order valence-corrected chi connectivity index (χ0v) is 19.4. The predicted molar refractivity (Wildman–Crippen MR) is 120 cm³/mol. The summed E-state index contributed by atoms with van der Waals surface area (Å²) in [5, 5.41) is 18.5. The van der Waals surface area contributed by atoms with Crippen molar-refractivity contribution in [1.29, 1.82) is 0 Å². The summed E-state index contributed by atoms with van der Waals surface area (Å²) >= 11 is 0. The number of hydrogen-bond donors (Lipinski definition) is 3. The highest BCUT2D eigenvalue weighted by molar-refractivity contribution is 8.00. The molecule has 0 aromatic heterocycles. The van der Waals surface area contributed by atoms with Crippen LogP contribution in [0.3, 0.4) is 0 Å². The molecule has 1 saturated carbocycles. The van der Waals surface area contributed by atoms with E-state index in [0.717, 1.165) is 0 Å². The molecule has 1 aliphatic carbocycles. The van der Waals surface area contributed by atoms with E-state index in [1.807, 2.05) is 20.8 Å². The van der Waals surface area contributed by atoms with E-state index >= 15 is 0 Å². The van der Waals surface area contributed by atoms with Crippen LogP contribution in [0.25, 0.3) is 0 Å². The van der Waals surface area contributed by atoms with Crippen molar-refractivity contribution in [2.24, 2.45) is 15.5 Å². The molecule has 0 bridgehead atoms. The molecule has 2 rings (SSSR count). The first kappa shape index (κ1) is 24.4. The zero-order valence-electron chi connectivity index (χ0n) is 18.6. The molecule has 30 heavy (non-hydrogen) atoms. The van der Waals surface area contributed by atoms with Crippen molar-refractivity contribution < 1.29 is 18.9 Å². The molecule has 10 heteroatoms. The van der Waals surface area contributed by atoms with Gasteiger partial charge in [-0.1, -0.05) is 20.8 Å². The monoisotopic (exact) mass is 441 g/mol. The number of aliphatic hydroxyl groups excluding tert-OH is 1. The van der Waals surface area contributed by atoms with Gasteiger partial charge in [-0.05, 0) is 30.8 Å². The second kappa shape index (κ2) is 8.32. The topological polar surface area (TPSA) is 128 Å². The minimum atomic E-state index is -2.89. The van der Waals surface area contributed by atoms with Crippen molar-refractivity contribution >= 4 is 34.1 Å². The number of nitrogens with two attached hydrogens (primary N) is 1. The van der Waals surface area contributed by atoms with Crippen LogP contribution in [0.5, 0.6) is 0 Å². The third-order valence-electron chi connectivity index (χ3n) is 5.90. The Morgan fingerprint density at radius 1 is 1.43 bits per heavy atom. The number of hydrogen-bond acceptors (Lipinski definition) is 6. The first-order valence-electron chi connectivity index (χ1n) is 9.95. The number of amides is 2. The molecule has 1 saturated heterocycles. The molecule has 0 aromatic rings. The van der Waals surface area contributed by atoms with Gasteiger partial charge >= 0.3 is 0 Å². The maximum absolute atomic E-state index is 13.6. The molecule has 0 aromatic carbocycles. The second-order valence-corrected chi connectivity index (χ2v) is 11.6. The summed E-state index contributed by atoms with van der Waals surface area (Å²) < 4.78 is 11.7. The van der Waals surface area contributed by atoms with Crippen LogP contribution >= 0.6 is 0 Å². The van der Waals surface area contributed by atoms with Gasteiger partial charge in [-0.25, -0.2) is 0 Å². The van der Waals surface area contributed by atoms with Gasteiger partial charge in [0.2, 0.25) is 11.8 Å². The van der Waals surface area contributed by atoms with Crippen molar-refractivity contribution in [2.45, 2.75) is 63.0 Å². The molecule has 2 aliphatic rings. The largest absolute Gasteiger partial charge is 0.391 e. The lowest BCUT2D eigenvalue weighted by atomic mass is 9.84. The van der Waals surface area contributed by atoms with Crippen molar-refractivity contribution in [3.8, 4) is 0 Å². The van der Waals surface area contributed by atoms with Crippen molar-refractivity contribution in [3.05, 3.63) is 11.9 Å². The van der Waals surface area contributed by atoms with Gasteiger partial charge < -0.3 is 20.2 Å². The third-order valence-corrected chi connectivity index (χ3v) is 7.84. The highest BCUT2D eigenvalue weighted by Crippen LogP contribution is 2.49. The normalized spacial score (nSPS) is 26.5. The summed E-state index contributed by atoms with van der Waals surface area (Å²) in [6, 6.07) is -1.39. The highest BCUT2D eigenvalue weighted by Gasteiger charge is 2.53. The number of carbonyl (C=O) groups is 2. The number of β-amino-alcohol motifs (C(OH)–C–C–N with tert-alkyl or cyclic N) is 1. The molecule has 2 unspecified atom stereocenters. The Bertz CT molecular complexity index is 842. The fraction of sp³-hybridized carbons (Fsp3) is 0.700. The van der Waals surface area contributed by atoms with Crippen LogP contribution in [-0.2, 0) is 19.3 Å². The van der Waals surface area contributed by atoms with Crippen molar-refractivity contribution in [3.63, 3.8) is 0 Å². The molecule has 1 heterocycles. The van der Waals surface area contributed by atoms with Gasteiger partial charge in [0.1, 0.15) is 12.1 Å².